The summed E-state index contributed by atoms with van der Waals surface area (Å²) in [5.74, 6) is -0.184. The Labute approximate surface area is 134 Å². The van der Waals surface area contributed by atoms with E-state index in [0.717, 1.165) is 12.0 Å². The minimum atomic E-state index is -0.0940. The van der Waals surface area contributed by atoms with Crippen LogP contribution in [0.4, 0.5) is 0 Å². The van der Waals surface area contributed by atoms with Gasteiger partial charge >= 0.3 is 0 Å². The van der Waals surface area contributed by atoms with E-state index in [1.807, 2.05) is 31.2 Å². The van der Waals surface area contributed by atoms with Crippen molar-refractivity contribution in [2.45, 2.75) is 26.4 Å². The maximum absolute atomic E-state index is 12.8. The van der Waals surface area contributed by atoms with E-state index in [1.165, 1.54) is 5.56 Å². The highest BCUT2D eigenvalue weighted by atomic mass is 16.4. The number of hydrogen-bond acceptors (Lipinski definition) is 4. The normalized spacial score (nSPS) is 15.4. The fourth-order valence-corrected chi connectivity index (χ4v) is 2.68. The van der Waals surface area contributed by atoms with Gasteiger partial charge in [-0.25, -0.2) is 0 Å². The zero-order valence-electron chi connectivity index (χ0n) is 12.9. The monoisotopic (exact) mass is 313 g/mol. The minimum absolute atomic E-state index is 0.0902. The van der Waals surface area contributed by atoms with Crippen LogP contribution < -0.4 is 5.73 Å². The largest absolute Gasteiger partial charge is 0.409 e. The Kier molecular flexibility index (Phi) is 4.01. The first-order valence-electron chi connectivity index (χ1n) is 7.49. The van der Waals surface area contributed by atoms with E-state index < -0.39 is 0 Å². The number of fused-ring (bicyclic) bond motifs is 1. The van der Waals surface area contributed by atoms with Crippen molar-refractivity contribution in [3.05, 3.63) is 52.8 Å². The Morgan fingerprint density at radius 1 is 1.35 bits per heavy atom. The third-order valence-electron chi connectivity index (χ3n) is 3.95. The third-order valence-corrected chi connectivity index (χ3v) is 3.95. The molecule has 7 nitrogen and oxygen atoms in total. The van der Waals surface area contributed by atoms with Gasteiger partial charge in [-0.3, -0.25) is 9.48 Å². The summed E-state index contributed by atoms with van der Waals surface area (Å²) in [6.07, 6.45) is 0.807. The predicted octanol–water partition coefficient (Wildman–Crippen LogP) is 1.33. The fraction of sp³-hybridized carbons (Fsp3) is 0.312. The lowest BCUT2D eigenvalue weighted by Gasteiger charge is -2.20. The van der Waals surface area contributed by atoms with Crippen LogP contribution in [-0.2, 0) is 13.1 Å². The maximum atomic E-state index is 12.8. The molecule has 0 saturated carbocycles. The molecule has 3 rings (SSSR count). The molecule has 7 heteroatoms. The number of rotatable bonds is 3. The van der Waals surface area contributed by atoms with E-state index in [9.17, 15) is 4.79 Å². The number of nitrogens with two attached hydrogens (primary N) is 1. The van der Waals surface area contributed by atoms with Crippen LogP contribution in [0.5, 0.6) is 0 Å². The Balaban J connectivity index is 1.85. The van der Waals surface area contributed by atoms with Gasteiger partial charge in [-0.1, -0.05) is 35.0 Å². The van der Waals surface area contributed by atoms with E-state index in [4.69, 9.17) is 10.9 Å². The van der Waals surface area contributed by atoms with Gasteiger partial charge in [-0.05, 0) is 18.9 Å². The number of nitrogens with zero attached hydrogens (tertiary/aromatic N) is 4. The number of carbonyl (C=O) groups excluding carboxylic acids is 1. The number of aromatic nitrogens is 2. The lowest BCUT2D eigenvalue weighted by Crippen LogP contribution is -2.30. The van der Waals surface area contributed by atoms with Gasteiger partial charge in [-0.2, -0.15) is 5.10 Å². The van der Waals surface area contributed by atoms with Crippen LogP contribution in [-0.4, -0.2) is 38.2 Å². The summed E-state index contributed by atoms with van der Waals surface area (Å²) in [5.41, 5.74) is 8.63. The number of amidine groups is 1. The molecule has 1 aromatic carbocycles. The van der Waals surface area contributed by atoms with Gasteiger partial charge in [0, 0.05) is 25.7 Å². The van der Waals surface area contributed by atoms with Crippen LogP contribution in [0.3, 0.4) is 0 Å². The number of carbonyl (C=O) groups is 1. The second-order valence-corrected chi connectivity index (χ2v) is 5.69. The van der Waals surface area contributed by atoms with Gasteiger partial charge in [0.25, 0.3) is 5.91 Å². The van der Waals surface area contributed by atoms with Crippen LogP contribution in [0.1, 0.15) is 33.7 Å². The number of oxime groups is 1. The van der Waals surface area contributed by atoms with Crippen molar-refractivity contribution >= 4 is 11.7 Å². The predicted molar refractivity (Wildman–Crippen MR) is 85.3 cm³/mol. The molecule has 2 aromatic rings. The van der Waals surface area contributed by atoms with E-state index >= 15 is 0 Å². The third kappa shape index (κ3) is 3.03. The zero-order chi connectivity index (χ0) is 16.4. The first kappa shape index (κ1) is 15.1. The van der Waals surface area contributed by atoms with Crippen molar-refractivity contribution in [1.82, 2.24) is 14.7 Å². The van der Waals surface area contributed by atoms with Gasteiger partial charge in [0.2, 0.25) is 0 Å². The molecule has 1 aromatic heterocycles. The number of benzene rings is 1. The van der Waals surface area contributed by atoms with Gasteiger partial charge < -0.3 is 15.8 Å². The molecule has 0 spiro atoms. The minimum Gasteiger partial charge on any atom is -0.409 e. The summed E-state index contributed by atoms with van der Waals surface area (Å²) in [6, 6.07) is 9.72. The molecule has 1 aliphatic heterocycles. The average Bonchev–Trinajstić information content (AvgIpc) is 2.93. The van der Waals surface area contributed by atoms with Crippen molar-refractivity contribution in [2.24, 2.45) is 10.9 Å². The van der Waals surface area contributed by atoms with Crippen LogP contribution >= 0.6 is 0 Å². The topological polar surface area (TPSA) is 96.7 Å². The molecule has 120 valence electrons. The molecule has 0 bridgehead atoms. The quantitative estimate of drug-likeness (QED) is 0.387. The Morgan fingerprint density at radius 3 is 2.78 bits per heavy atom. The van der Waals surface area contributed by atoms with Gasteiger partial charge in [0.15, 0.2) is 5.84 Å². The van der Waals surface area contributed by atoms with Crippen molar-refractivity contribution in [2.75, 3.05) is 6.54 Å². The van der Waals surface area contributed by atoms with E-state index in [2.05, 4.69) is 10.3 Å². The van der Waals surface area contributed by atoms with Gasteiger partial charge in [0.1, 0.15) is 11.4 Å². The molecular weight excluding hydrogens is 294 g/mol. The van der Waals surface area contributed by atoms with Crippen LogP contribution in [0.25, 0.3) is 0 Å². The Bertz CT molecular complexity index is 748. The standard InChI is InChI=1S/C16H19N5O2/c1-11-3-5-12(6-4-11)10-20-7-2-8-21-14(16(20)22)9-13(18-21)15(17)19-23/h3-6,9,23H,2,7-8,10H2,1H3,(H2,17,19). The molecule has 1 aliphatic rings. The summed E-state index contributed by atoms with van der Waals surface area (Å²) in [6.45, 7) is 3.90. The number of aryl methyl sites for hydroxylation is 2. The van der Waals surface area contributed by atoms with Crippen LogP contribution in [0.2, 0.25) is 0 Å². The summed E-state index contributed by atoms with van der Waals surface area (Å²) in [4.78, 5) is 14.6. The highest BCUT2D eigenvalue weighted by Crippen LogP contribution is 2.17. The molecule has 23 heavy (non-hydrogen) atoms. The average molecular weight is 313 g/mol. The summed E-state index contributed by atoms with van der Waals surface area (Å²) in [7, 11) is 0. The van der Waals surface area contributed by atoms with Crippen LogP contribution in [0, 0.1) is 6.92 Å². The molecule has 0 radical (unpaired) electrons. The van der Waals surface area contributed by atoms with E-state index in [-0.39, 0.29) is 11.7 Å². The number of amides is 1. The van der Waals surface area contributed by atoms with Gasteiger partial charge in [0.05, 0.1) is 0 Å². The first-order valence-corrected chi connectivity index (χ1v) is 7.49. The molecular formula is C16H19N5O2. The highest BCUT2D eigenvalue weighted by Gasteiger charge is 2.25. The molecule has 1 amide bonds. The van der Waals surface area contributed by atoms with E-state index in [0.29, 0.717) is 31.0 Å². The summed E-state index contributed by atoms with van der Waals surface area (Å²) < 4.78 is 1.63. The Hall–Kier alpha value is -2.83. The molecule has 2 heterocycles. The van der Waals surface area contributed by atoms with Gasteiger partial charge in [-0.15, -0.1) is 0 Å². The SMILES string of the molecule is Cc1ccc(CN2CCCn3nc(/C(N)=N/O)cc3C2=O)cc1. The van der Waals surface area contributed by atoms with Crippen molar-refractivity contribution in [3.8, 4) is 0 Å². The van der Waals surface area contributed by atoms with Crippen molar-refractivity contribution in [1.29, 1.82) is 0 Å². The molecule has 0 atom stereocenters. The van der Waals surface area contributed by atoms with Crippen molar-refractivity contribution < 1.29 is 10.0 Å². The molecule has 0 fully saturated rings. The number of hydrogen-bond donors (Lipinski definition) is 2. The maximum Gasteiger partial charge on any atom is 0.272 e. The van der Waals surface area contributed by atoms with Crippen LogP contribution in [0.15, 0.2) is 35.5 Å². The zero-order valence-corrected chi connectivity index (χ0v) is 12.9. The van der Waals surface area contributed by atoms with Crippen molar-refractivity contribution in [3.63, 3.8) is 0 Å². The second kappa shape index (κ2) is 6.12. The molecule has 3 N–H and O–H groups in total. The molecule has 0 aliphatic carbocycles. The lowest BCUT2D eigenvalue weighted by atomic mass is 10.1. The summed E-state index contributed by atoms with van der Waals surface area (Å²) >= 11 is 0. The lowest BCUT2D eigenvalue weighted by molar-refractivity contribution is 0.0745. The van der Waals surface area contributed by atoms with E-state index in [1.54, 1.807) is 15.6 Å². The fourth-order valence-electron chi connectivity index (χ4n) is 2.68. The second-order valence-electron chi connectivity index (χ2n) is 5.69. The summed E-state index contributed by atoms with van der Waals surface area (Å²) in [5, 5.41) is 15.9. The molecule has 0 saturated heterocycles. The first-order chi connectivity index (χ1) is 11.1. The molecule has 0 unspecified atom stereocenters. The Morgan fingerprint density at radius 2 is 2.09 bits per heavy atom. The highest BCUT2D eigenvalue weighted by molar-refractivity contribution is 5.99. The smallest absolute Gasteiger partial charge is 0.272 e.